The summed E-state index contributed by atoms with van der Waals surface area (Å²) < 4.78 is 27.5. The third-order valence-electron chi connectivity index (χ3n) is 19.4. The first-order valence-corrected chi connectivity index (χ1v) is 40.2. The highest BCUT2D eigenvalue weighted by Crippen LogP contribution is 2.42. The molecule has 14 heterocycles. The van der Waals surface area contributed by atoms with Crippen molar-refractivity contribution < 1.29 is 57.6 Å². The molecule has 9 aromatic heterocycles. The number of nitrogens with one attached hydrogen (secondary N) is 15. The molecule has 0 spiro atoms. The van der Waals surface area contributed by atoms with Gasteiger partial charge in [-0.3, -0.25) is 33.8 Å². The predicted molar refractivity (Wildman–Crippen MR) is 489 cm³/mol. The van der Waals surface area contributed by atoms with E-state index in [2.05, 4.69) is 155 Å². The number of hydrogen-bond acceptors (Lipinski definition) is 36. The number of hydrogen-bond donors (Lipinski definition) is 16. The average Bonchev–Trinajstić information content (AvgIpc) is 1.72. The maximum absolute atomic E-state index is 11.8. The van der Waals surface area contributed by atoms with E-state index in [0.717, 1.165) is 39.2 Å². The molecule has 0 saturated carbocycles. The molecule has 19 rings (SSSR count). The molecule has 0 bridgehead atoms. The highest BCUT2D eigenvalue weighted by atomic mass is 35.5. The van der Waals surface area contributed by atoms with E-state index in [1.165, 1.54) is 31.6 Å². The minimum absolute atomic E-state index is 0.0761. The van der Waals surface area contributed by atoms with E-state index in [0.29, 0.717) is 203 Å². The molecule has 0 atom stereocenters. The zero-order valence-electron chi connectivity index (χ0n) is 69.9. The van der Waals surface area contributed by atoms with Gasteiger partial charge >= 0.3 is 0 Å². The number of ether oxygens (including phenoxy) is 5. The van der Waals surface area contributed by atoms with Gasteiger partial charge in [0.2, 0.25) is 0 Å². The van der Waals surface area contributed by atoms with Crippen LogP contribution < -0.4 is 103 Å². The molecule has 131 heavy (non-hydrogen) atoms. The van der Waals surface area contributed by atoms with E-state index in [-0.39, 0.29) is 36.0 Å². The largest absolute Gasteiger partial charge is 0.494 e. The van der Waals surface area contributed by atoms with Gasteiger partial charge in [0.25, 0.3) is 36.0 Å². The Hall–Kier alpha value is -17.3. The van der Waals surface area contributed by atoms with Crippen LogP contribution in [0.5, 0.6) is 28.7 Å². The number of benzene rings is 5. The minimum Gasteiger partial charge on any atom is -0.494 e. The monoisotopic (exact) mass is 1830 g/mol. The molecule has 5 aliphatic rings. The van der Waals surface area contributed by atoms with Gasteiger partial charge in [-0.05, 0) is 97.1 Å². The van der Waals surface area contributed by atoms with Gasteiger partial charge < -0.3 is 109 Å². The van der Waals surface area contributed by atoms with Crippen molar-refractivity contribution in [1.29, 1.82) is 0 Å². The number of anilines is 19. The number of fused-ring (bicyclic) bond motifs is 5. The second kappa shape index (κ2) is 42.6. The summed E-state index contributed by atoms with van der Waals surface area (Å²) in [6, 6.07) is 37.0. The molecule has 45 heteroatoms. The number of carbonyl (C=O) groups excluding carboxylic acids is 5. The lowest BCUT2D eigenvalue weighted by Gasteiger charge is -2.15. The van der Waals surface area contributed by atoms with Gasteiger partial charge in [-0.1, -0.05) is 40.9 Å². The molecule has 5 aliphatic heterocycles. The third-order valence-corrected chi connectivity index (χ3v) is 20.1. The van der Waals surface area contributed by atoms with Crippen molar-refractivity contribution in [2.75, 3.05) is 95.8 Å². The first-order valence-electron chi connectivity index (χ1n) is 39.1. The van der Waals surface area contributed by atoms with Gasteiger partial charge in [-0.2, -0.15) is 0 Å². The third kappa shape index (κ3) is 22.0. The van der Waals surface area contributed by atoms with Crippen LogP contribution in [0.4, 0.5) is 110 Å². The number of halogens is 3. The van der Waals surface area contributed by atoms with Gasteiger partial charge in [0.1, 0.15) is 135 Å². The highest BCUT2D eigenvalue weighted by molar-refractivity contribution is 6.33. The topological polar surface area (TPSA) is 543 Å². The summed E-state index contributed by atoms with van der Waals surface area (Å²) >= 11 is 17.9. The van der Waals surface area contributed by atoms with Crippen LogP contribution >= 0.6 is 34.8 Å². The molecular formula is C86H77Cl3N30O12. The van der Waals surface area contributed by atoms with Crippen molar-refractivity contribution in [2.45, 2.75) is 32.7 Å². The van der Waals surface area contributed by atoms with Gasteiger partial charge in [0.05, 0.1) is 92.1 Å². The number of carbonyl (C=O) groups is 6. The lowest BCUT2D eigenvalue weighted by molar-refractivity contribution is -0.122. The van der Waals surface area contributed by atoms with Crippen molar-refractivity contribution in [3.8, 4) is 28.7 Å². The molecular weight excluding hydrogens is 1750 g/mol. The smallest absolute Gasteiger partial charge is 0.290 e. The van der Waals surface area contributed by atoms with E-state index >= 15 is 0 Å². The number of pyridine rings is 3. The van der Waals surface area contributed by atoms with Gasteiger partial charge in [0, 0.05) is 144 Å². The van der Waals surface area contributed by atoms with Crippen LogP contribution in [0.1, 0.15) is 79.6 Å². The SMILES string of the molecule is CNc1cncnc1Nc1ccc2c(c1OC)CNC2=O.COc1c(Nc2cc(Nc3ccc(Cl)cn3)ncn2)ccc2c1CNC2=O.COc1c(Nc2cc(Nc3cccc(Cl)n3)ncn2)ccc2c1CNC2=O.COc1c(Nc2cc(Nc3cnccn3)ncn2)ccc2c1CNC2=O.COc1c(Nc2cc(Nc3ncccc3Cl)ncn2)ccc2c1CNC2=O.O=CO. The second-order valence-electron chi connectivity index (χ2n) is 27.3. The Morgan fingerprint density at radius 3 is 1.05 bits per heavy atom. The first kappa shape index (κ1) is 90.0. The fourth-order valence-corrected chi connectivity index (χ4v) is 14.1. The Kier molecular flexibility index (Phi) is 29.3. The molecule has 664 valence electrons. The summed E-state index contributed by atoms with van der Waals surface area (Å²) in [5.74, 6) is 10.00. The van der Waals surface area contributed by atoms with Gasteiger partial charge in [-0.15, -0.1) is 0 Å². The minimum atomic E-state index is -0.250. The van der Waals surface area contributed by atoms with E-state index in [9.17, 15) is 24.0 Å². The number of aromatic nitrogens is 15. The zero-order chi connectivity index (χ0) is 91.9. The molecule has 0 fully saturated rings. The number of carboxylic acid groups (broad SMARTS) is 1. The molecule has 16 N–H and O–H groups in total. The molecule has 0 radical (unpaired) electrons. The van der Waals surface area contributed by atoms with Crippen LogP contribution in [0, 0.1) is 0 Å². The Morgan fingerprint density at radius 2 is 0.702 bits per heavy atom. The zero-order valence-corrected chi connectivity index (χ0v) is 72.1. The van der Waals surface area contributed by atoms with Gasteiger partial charge in [-0.25, -0.2) is 69.8 Å². The summed E-state index contributed by atoms with van der Waals surface area (Å²) in [4.78, 5) is 130. The summed E-state index contributed by atoms with van der Waals surface area (Å²) in [6.07, 6.45) is 16.8. The lowest BCUT2D eigenvalue weighted by atomic mass is 10.1. The molecule has 14 aromatic rings. The summed E-state index contributed by atoms with van der Waals surface area (Å²) in [7, 11) is 9.67. The van der Waals surface area contributed by atoms with Crippen LogP contribution in [0.15, 0.2) is 196 Å². The maximum Gasteiger partial charge on any atom is 0.290 e. The first-order chi connectivity index (χ1) is 63.8. The Bertz CT molecular complexity index is 6580. The van der Waals surface area contributed by atoms with Crippen LogP contribution in [0.3, 0.4) is 0 Å². The van der Waals surface area contributed by atoms with E-state index in [1.807, 2.05) is 6.07 Å². The van der Waals surface area contributed by atoms with Crippen molar-refractivity contribution in [1.82, 2.24) is 101 Å². The molecule has 0 unspecified atom stereocenters. The molecule has 42 nitrogen and oxygen atoms in total. The summed E-state index contributed by atoms with van der Waals surface area (Å²) in [5, 5.41) is 53.6. The highest BCUT2D eigenvalue weighted by Gasteiger charge is 2.31. The predicted octanol–water partition coefficient (Wildman–Crippen LogP) is 13.0. The van der Waals surface area contributed by atoms with Crippen molar-refractivity contribution in [3.63, 3.8) is 0 Å². The number of methoxy groups -OCH3 is 5. The van der Waals surface area contributed by atoms with Crippen molar-refractivity contribution >= 4 is 181 Å². The molecule has 0 saturated heterocycles. The van der Waals surface area contributed by atoms with Gasteiger partial charge in [0.15, 0.2) is 5.82 Å². The normalized spacial score (nSPS) is 12.1. The second-order valence-corrected chi connectivity index (χ2v) is 28.6. The summed E-state index contributed by atoms with van der Waals surface area (Å²) in [5.41, 5.74) is 11.6. The van der Waals surface area contributed by atoms with Crippen LogP contribution in [-0.4, -0.2) is 158 Å². The Morgan fingerprint density at radius 1 is 0.328 bits per heavy atom. The Labute approximate surface area is 759 Å². The van der Waals surface area contributed by atoms with Crippen molar-refractivity contribution in [2.24, 2.45) is 0 Å². The summed E-state index contributed by atoms with van der Waals surface area (Å²) in [6.45, 7) is 1.96. The van der Waals surface area contributed by atoms with Crippen LogP contribution in [-0.2, 0) is 37.5 Å². The maximum atomic E-state index is 11.8. The molecule has 5 amide bonds. The molecule has 5 aromatic carbocycles. The van der Waals surface area contributed by atoms with E-state index < -0.39 is 0 Å². The fourth-order valence-electron chi connectivity index (χ4n) is 13.6. The van der Waals surface area contributed by atoms with E-state index in [1.54, 1.807) is 201 Å². The quantitative estimate of drug-likeness (QED) is 0.0197. The standard InChI is InChI=1S/3C18H15ClN6O2.C17H15N7O2.C14H15N5O2.CH2O2/c1-27-17-12-8-21-18(26)11(12)3-4-13(17)24-15-6-16(23-9-22-15)25-14-5-2-10(19)7-20-14;1-27-16-11-8-21-18(26)10(11)4-5-13(16)24-14-7-15(23-9-22-14)25-17-12(19)3-2-6-20-17;1-27-17-11-8-20-18(26)10(11)5-6-12(17)23-15-7-16(22-9-21-15)25-14-4-2-3-13(19)24-14;1-26-16-11-7-20-17(25)10(11)2-3-12(16)23-13-6-14(22-9-21-13)24-15-8-18-4-5-19-15;1-15-11-6-16-7-18-13(11)19-10-4-3-8-9(12(10)21-2)5-17-14(8)20;2-1-3/h2*2-7,9H,8H2,1H3,(H,21,26)(H2,20,22,23,24,25);2-7,9H,8H2,1H3,(H,20,26)(H2,21,22,23,24,25);2-6,8-9H,7H2,1H3,(H,20,25)(H2,19,21,22,23,24);3-4,6-7,15H,5H2,1-2H3,(H,17,20)(H,16,18,19);1H,(H,2,3). The Balaban J connectivity index is 0.000000131. The number of nitrogens with zero attached hydrogens (tertiary/aromatic N) is 15. The number of amides is 5. The lowest BCUT2D eigenvalue weighted by Crippen LogP contribution is -2.12. The molecule has 0 aliphatic carbocycles. The number of rotatable bonds is 24. The van der Waals surface area contributed by atoms with Crippen LogP contribution in [0.2, 0.25) is 15.2 Å². The average molecular weight is 1830 g/mol. The fraction of sp³-hybridized carbons (Fsp3) is 0.128. The van der Waals surface area contributed by atoms with Crippen LogP contribution in [0.25, 0.3) is 0 Å². The van der Waals surface area contributed by atoms with E-state index in [4.69, 9.17) is 68.4 Å². The van der Waals surface area contributed by atoms with Crippen molar-refractivity contribution in [3.05, 3.63) is 267 Å².